The van der Waals surface area contributed by atoms with Crippen molar-refractivity contribution >= 4 is 11.4 Å². The maximum atomic E-state index is 12.2. The highest BCUT2D eigenvalue weighted by atomic mass is 16.5. The Hall–Kier alpha value is -3.22. The molecule has 0 radical (unpaired) electrons. The van der Waals surface area contributed by atoms with Gasteiger partial charge in [-0.15, -0.1) is 0 Å². The molecule has 7 heteroatoms. The highest BCUT2D eigenvalue weighted by Crippen LogP contribution is 2.23. The number of piperazine rings is 1. The fraction of sp³-hybridized carbons (Fsp3) is 0.333. The minimum Gasteiger partial charge on any atom is -0.497 e. The smallest absolute Gasteiger partial charge is 0.350 e. The molecule has 1 aliphatic rings. The van der Waals surface area contributed by atoms with Crippen molar-refractivity contribution in [3.8, 4) is 11.4 Å². The van der Waals surface area contributed by atoms with Gasteiger partial charge in [0.1, 0.15) is 11.6 Å². The molecule has 0 bridgehead atoms. The standard InChI is InChI=1S/C21H25N5O2/c1-16-22-23(2)21(27)26(16)19-6-4-17(5-7-19)24-12-14-25(15-13-24)18-8-10-20(28-3)11-9-18/h4-11H,12-15H2,1-3H3. The Kier molecular flexibility index (Phi) is 4.81. The van der Waals surface area contributed by atoms with Crippen molar-refractivity contribution in [2.45, 2.75) is 6.92 Å². The largest absolute Gasteiger partial charge is 0.497 e. The molecule has 2 aromatic carbocycles. The van der Waals surface area contributed by atoms with Gasteiger partial charge in [-0.1, -0.05) is 0 Å². The minimum atomic E-state index is -0.127. The third-order valence-corrected chi connectivity index (χ3v) is 5.28. The zero-order valence-corrected chi connectivity index (χ0v) is 16.5. The quantitative estimate of drug-likeness (QED) is 0.696. The molecule has 0 atom stereocenters. The van der Waals surface area contributed by atoms with Crippen LogP contribution in [0, 0.1) is 6.92 Å². The molecular formula is C21H25N5O2. The van der Waals surface area contributed by atoms with Crippen LogP contribution in [0.1, 0.15) is 5.82 Å². The third-order valence-electron chi connectivity index (χ3n) is 5.28. The van der Waals surface area contributed by atoms with E-state index in [-0.39, 0.29) is 5.69 Å². The van der Waals surface area contributed by atoms with Crippen molar-refractivity contribution in [1.82, 2.24) is 14.3 Å². The number of rotatable bonds is 4. The highest BCUT2D eigenvalue weighted by molar-refractivity contribution is 5.54. The molecule has 0 saturated carbocycles. The Morgan fingerprint density at radius 1 is 0.821 bits per heavy atom. The van der Waals surface area contributed by atoms with Crippen LogP contribution >= 0.6 is 0 Å². The molecular weight excluding hydrogens is 354 g/mol. The van der Waals surface area contributed by atoms with Gasteiger partial charge in [-0.05, 0) is 55.5 Å². The van der Waals surface area contributed by atoms with Gasteiger partial charge in [-0.3, -0.25) is 0 Å². The van der Waals surface area contributed by atoms with E-state index < -0.39 is 0 Å². The number of ether oxygens (including phenoxy) is 1. The van der Waals surface area contributed by atoms with Crippen LogP contribution in [0.15, 0.2) is 53.3 Å². The van der Waals surface area contributed by atoms with Gasteiger partial charge in [0.15, 0.2) is 0 Å². The molecule has 1 aromatic heterocycles. The molecule has 1 fully saturated rings. The number of benzene rings is 2. The van der Waals surface area contributed by atoms with Crippen molar-refractivity contribution < 1.29 is 4.74 Å². The van der Waals surface area contributed by atoms with Crippen LogP contribution in [0.5, 0.6) is 5.75 Å². The average molecular weight is 379 g/mol. The van der Waals surface area contributed by atoms with Gasteiger partial charge in [-0.25, -0.2) is 14.0 Å². The van der Waals surface area contributed by atoms with Crippen molar-refractivity contribution in [2.24, 2.45) is 7.05 Å². The maximum absolute atomic E-state index is 12.2. The van der Waals surface area contributed by atoms with E-state index in [1.165, 1.54) is 16.1 Å². The van der Waals surface area contributed by atoms with Gasteiger partial charge in [0.05, 0.1) is 12.8 Å². The topological polar surface area (TPSA) is 55.5 Å². The number of hydrogen-bond donors (Lipinski definition) is 0. The lowest BCUT2D eigenvalue weighted by Gasteiger charge is -2.37. The van der Waals surface area contributed by atoms with E-state index in [1.807, 2.05) is 31.2 Å². The second kappa shape index (κ2) is 7.42. The lowest BCUT2D eigenvalue weighted by molar-refractivity contribution is 0.415. The fourth-order valence-corrected chi connectivity index (χ4v) is 3.71. The lowest BCUT2D eigenvalue weighted by atomic mass is 10.2. The van der Waals surface area contributed by atoms with Gasteiger partial charge in [0.25, 0.3) is 0 Å². The fourth-order valence-electron chi connectivity index (χ4n) is 3.71. The minimum absolute atomic E-state index is 0.127. The molecule has 0 N–H and O–H groups in total. The van der Waals surface area contributed by atoms with Gasteiger partial charge in [0, 0.05) is 44.6 Å². The summed E-state index contributed by atoms with van der Waals surface area (Å²) in [5.41, 5.74) is 3.12. The van der Waals surface area contributed by atoms with Crippen LogP contribution in [-0.4, -0.2) is 47.6 Å². The van der Waals surface area contributed by atoms with Crippen molar-refractivity contribution in [1.29, 1.82) is 0 Å². The van der Waals surface area contributed by atoms with Crippen LogP contribution in [-0.2, 0) is 7.05 Å². The zero-order chi connectivity index (χ0) is 19.7. The molecule has 146 valence electrons. The van der Waals surface area contributed by atoms with Crippen LogP contribution < -0.4 is 20.2 Å². The Morgan fingerprint density at radius 2 is 1.29 bits per heavy atom. The second-order valence-electron chi connectivity index (χ2n) is 6.98. The van der Waals surface area contributed by atoms with Crippen LogP contribution in [0.25, 0.3) is 5.69 Å². The summed E-state index contributed by atoms with van der Waals surface area (Å²) in [5.74, 6) is 1.57. The number of hydrogen-bond acceptors (Lipinski definition) is 5. The van der Waals surface area contributed by atoms with E-state index in [0.717, 1.165) is 37.6 Å². The second-order valence-corrected chi connectivity index (χ2v) is 6.98. The van der Waals surface area contributed by atoms with E-state index in [9.17, 15) is 4.79 Å². The van der Waals surface area contributed by atoms with Gasteiger partial charge < -0.3 is 14.5 Å². The predicted molar refractivity (Wildman–Crippen MR) is 111 cm³/mol. The predicted octanol–water partition coefficient (Wildman–Crippen LogP) is 2.21. The van der Waals surface area contributed by atoms with E-state index in [2.05, 4.69) is 39.2 Å². The molecule has 0 amide bonds. The van der Waals surface area contributed by atoms with Crippen LogP contribution in [0.4, 0.5) is 11.4 Å². The van der Waals surface area contributed by atoms with Crippen LogP contribution in [0.3, 0.4) is 0 Å². The summed E-state index contributed by atoms with van der Waals surface area (Å²) in [4.78, 5) is 17.0. The molecule has 0 aliphatic carbocycles. The average Bonchev–Trinajstić information content (AvgIpc) is 3.00. The first kappa shape index (κ1) is 18.2. The molecule has 1 saturated heterocycles. The summed E-state index contributed by atoms with van der Waals surface area (Å²) < 4.78 is 8.23. The summed E-state index contributed by atoms with van der Waals surface area (Å²) in [6, 6.07) is 16.4. The summed E-state index contributed by atoms with van der Waals surface area (Å²) in [5, 5.41) is 4.19. The Morgan fingerprint density at radius 3 is 1.71 bits per heavy atom. The third kappa shape index (κ3) is 3.35. The molecule has 3 aromatic rings. The SMILES string of the molecule is COc1ccc(N2CCN(c3ccc(-n4c(C)nn(C)c4=O)cc3)CC2)cc1. The number of aryl methyl sites for hydroxylation is 2. The first-order valence-corrected chi connectivity index (χ1v) is 9.44. The summed E-state index contributed by atoms with van der Waals surface area (Å²) >= 11 is 0. The molecule has 0 unspecified atom stereocenters. The number of anilines is 2. The Bertz CT molecular complexity index is 997. The number of aromatic nitrogens is 3. The molecule has 7 nitrogen and oxygen atoms in total. The first-order chi connectivity index (χ1) is 13.6. The summed E-state index contributed by atoms with van der Waals surface area (Å²) in [6.07, 6.45) is 0. The highest BCUT2D eigenvalue weighted by Gasteiger charge is 2.18. The van der Waals surface area contributed by atoms with Crippen molar-refractivity contribution in [2.75, 3.05) is 43.1 Å². The van der Waals surface area contributed by atoms with Crippen molar-refractivity contribution in [3.05, 3.63) is 64.8 Å². The number of nitrogens with zero attached hydrogens (tertiary/aromatic N) is 5. The van der Waals surface area contributed by atoms with Gasteiger partial charge >= 0.3 is 5.69 Å². The van der Waals surface area contributed by atoms with E-state index in [1.54, 1.807) is 18.7 Å². The van der Waals surface area contributed by atoms with E-state index in [0.29, 0.717) is 5.82 Å². The maximum Gasteiger partial charge on any atom is 0.350 e. The van der Waals surface area contributed by atoms with Crippen molar-refractivity contribution in [3.63, 3.8) is 0 Å². The molecule has 0 spiro atoms. The molecule has 4 rings (SSSR count). The Labute approximate surface area is 164 Å². The van der Waals surface area contributed by atoms with E-state index >= 15 is 0 Å². The first-order valence-electron chi connectivity index (χ1n) is 9.44. The van der Waals surface area contributed by atoms with E-state index in [4.69, 9.17) is 4.74 Å². The lowest BCUT2D eigenvalue weighted by Crippen LogP contribution is -2.46. The van der Waals surface area contributed by atoms with Gasteiger partial charge in [0.2, 0.25) is 0 Å². The summed E-state index contributed by atoms with van der Waals surface area (Å²) in [6.45, 7) is 5.69. The summed E-state index contributed by atoms with van der Waals surface area (Å²) in [7, 11) is 3.35. The van der Waals surface area contributed by atoms with Gasteiger partial charge in [-0.2, -0.15) is 5.10 Å². The van der Waals surface area contributed by atoms with Crippen LogP contribution in [0.2, 0.25) is 0 Å². The molecule has 1 aliphatic heterocycles. The Balaban J connectivity index is 1.44. The zero-order valence-electron chi connectivity index (χ0n) is 16.5. The number of methoxy groups -OCH3 is 1. The molecule has 2 heterocycles. The monoisotopic (exact) mass is 379 g/mol. The normalized spacial score (nSPS) is 14.4. The molecule has 28 heavy (non-hydrogen) atoms.